The van der Waals surface area contributed by atoms with Crippen LogP contribution in [0.1, 0.15) is 0 Å². The Morgan fingerprint density at radius 3 is 1.07 bits per heavy atom. The van der Waals surface area contributed by atoms with Gasteiger partial charge in [0, 0.05) is 102 Å². The van der Waals surface area contributed by atoms with Crippen molar-refractivity contribution < 1.29 is 0 Å². The molecule has 0 aliphatic carbocycles. The number of hydrogen-bond acceptors (Lipinski definition) is 6. The molecule has 95 heavy (non-hydrogen) atoms. The molecule has 0 bridgehead atoms. The summed E-state index contributed by atoms with van der Waals surface area (Å²) in [6.07, 6.45) is 6.52. The highest BCUT2D eigenvalue weighted by Gasteiger charge is 2.31. The minimum Gasteiger partial charge on any atom is -0.354 e. The third-order valence-corrected chi connectivity index (χ3v) is 21.7. The Hall–Kier alpha value is -10.1. The van der Waals surface area contributed by atoms with Gasteiger partial charge in [-0.15, -0.1) is 0 Å². The molecule has 19 rings (SSSR count). The van der Waals surface area contributed by atoms with Gasteiger partial charge < -0.3 is 28.8 Å². The molecule has 6 nitrogen and oxygen atoms in total. The van der Waals surface area contributed by atoms with Crippen molar-refractivity contribution in [1.29, 1.82) is 0 Å². The Labute approximate surface area is 581 Å². The van der Waals surface area contributed by atoms with E-state index in [1.54, 1.807) is 0 Å². The Morgan fingerprint density at radius 1 is 0.242 bits per heavy atom. The van der Waals surface area contributed by atoms with Crippen LogP contribution < -0.4 is 15.1 Å². The van der Waals surface area contributed by atoms with Crippen molar-refractivity contribution in [3.63, 3.8) is 0 Å². The van der Waals surface area contributed by atoms with Gasteiger partial charge in [-0.05, 0) is 186 Å². The second kappa shape index (κ2) is 25.3. The van der Waals surface area contributed by atoms with Crippen molar-refractivity contribution in [1.82, 2.24) is 13.7 Å². The molecular weight excluding hydrogens is 1350 g/mol. The van der Waals surface area contributed by atoms with E-state index >= 15 is 0 Å². The predicted molar refractivity (Wildman–Crippen MR) is 408 cm³/mol. The lowest BCUT2D eigenvalue weighted by Crippen LogP contribution is -2.18. The average Bonchev–Trinajstić information content (AvgIpc) is 1.67. The molecule has 16 aromatic rings. The summed E-state index contributed by atoms with van der Waals surface area (Å²) in [6.45, 7) is 0. The van der Waals surface area contributed by atoms with Crippen LogP contribution in [0.5, 0.6) is 0 Å². The minimum atomic E-state index is 1.09. The lowest BCUT2D eigenvalue weighted by atomic mass is 10.0. The molecule has 0 amide bonds. The largest absolute Gasteiger partial charge is 0.354 e. The van der Waals surface area contributed by atoms with Crippen molar-refractivity contribution in [2.24, 2.45) is 0 Å². The molecule has 0 atom stereocenters. The molecule has 0 fully saturated rings. The molecule has 3 aliphatic rings. The van der Waals surface area contributed by atoms with Gasteiger partial charge in [0.25, 0.3) is 0 Å². The van der Waals surface area contributed by atoms with Gasteiger partial charge in [0.2, 0.25) is 0 Å². The monoisotopic (exact) mass is 1400 g/mol. The van der Waals surface area contributed by atoms with E-state index in [4.69, 9.17) is 0 Å². The number of benzene rings is 13. The fraction of sp³-hybridized carbons (Fsp3) is 0. The number of halogens is 2. The van der Waals surface area contributed by atoms with Gasteiger partial charge in [-0.1, -0.05) is 219 Å². The first kappa shape index (κ1) is 58.7. The predicted octanol–water partition coefficient (Wildman–Crippen LogP) is 25.8. The highest BCUT2D eigenvalue weighted by atomic mass is 79.9. The summed E-state index contributed by atoms with van der Waals surface area (Å²) in [4.78, 5) is 12.5. The first-order chi connectivity index (χ1) is 46.9. The molecular formula is C84H56Br2N6S3. The normalized spacial score (nSPS) is 12.4. The Bertz CT molecular complexity index is 5330. The van der Waals surface area contributed by atoms with Crippen molar-refractivity contribution in [2.75, 3.05) is 15.1 Å². The van der Waals surface area contributed by atoms with Crippen LogP contribution in [0.25, 0.3) is 72.0 Å². The Morgan fingerprint density at radius 2 is 0.611 bits per heavy atom. The van der Waals surface area contributed by atoms with E-state index < -0.39 is 0 Å². The van der Waals surface area contributed by atoms with Crippen molar-refractivity contribution >= 4 is 145 Å². The van der Waals surface area contributed by atoms with Crippen LogP contribution in [0.3, 0.4) is 0 Å². The highest BCUT2D eigenvalue weighted by molar-refractivity contribution is 9.11. The smallest absolute Gasteiger partial charge is 0.0622 e. The lowest BCUT2D eigenvalue weighted by Gasteiger charge is -2.36. The third kappa shape index (κ3) is 11.4. The van der Waals surface area contributed by atoms with Crippen LogP contribution >= 0.6 is 67.1 Å². The number of nitrogens with zero attached hydrogens (tertiary/aromatic N) is 5. The maximum Gasteiger partial charge on any atom is 0.0622 e. The van der Waals surface area contributed by atoms with Crippen LogP contribution in [-0.4, -0.2) is 13.7 Å². The molecule has 0 saturated carbocycles. The minimum absolute atomic E-state index is 1.09. The van der Waals surface area contributed by atoms with Gasteiger partial charge in [-0.25, -0.2) is 0 Å². The molecule has 3 aliphatic heterocycles. The molecule has 1 N–H and O–H groups in total. The second-order valence-electron chi connectivity index (χ2n) is 23.4. The van der Waals surface area contributed by atoms with Gasteiger partial charge in [0.1, 0.15) is 0 Å². The third-order valence-electron chi connectivity index (χ3n) is 17.4. The maximum atomic E-state index is 3.57. The Balaban J connectivity index is 0.000000150. The van der Waals surface area contributed by atoms with Gasteiger partial charge >= 0.3 is 0 Å². The second-order valence-corrected chi connectivity index (χ2v) is 28.5. The number of para-hydroxylation sites is 6. The van der Waals surface area contributed by atoms with Crippen LogP contribution in [0.4, 0.5) is 45.5 Å². The summed E-state index contributed by atoms with van der Waals surface area (Å²) in [6, 6.07) is 113. The van der Waals surface area contributed by atoms with Crippen LogP contribution in [-0.2, 0) is 0 Å². The van der Waals surface area contributed by atoms with Crippen LogP contribution in [0.2, 0.25) is 0 Å². The standard InChI is InChI=1S/C52H34N4S2.C20H14N2S.C12H8Br2/c1-4-14-35(15-5-1)38-28-41(55-43-20-10-12-22-49(43)57-51-30-36-24-26-53(45(36)33-47(51)55)39-16-6-2-7-17-39)32-42(29-38)56-44-21-11-13-23-50(44)58-52-31-37-25-27-54(46(37)34-48(52)56)40-18-8-3-9-19-40;1-2-6-15(7-3-1)22-11-10-14-12-20-17(13-18(14)22)21-16-8-4-5-9-19(16)23-20;13-11-6-10(7-12(14)8-11)9-4-2-1-3-5-9/h1-34H;1-13,21H;1-8H. The first-order valence-electron chi connectivity index (χ1n) is 31.4. The van der Waals surface area contributed by atoms with E-state index in [1.165, 1.54) is 119 Å². The van der Waals surface area contributed by atoms with E-state index in [9.17, 15) is 0 Å². The number of fused-ring (bicyclic) bond motifs is 9. The zero-order chi connectivity index (χ0) is 63.3. The summed E-state index contributed by atoms with van der Waals surface area (Å²) in [5.41, 5.74) is 21.1. The highest BCUT2D eigenvalue weighted by Crippen LogP contribution is 2.57. The summed E-state index contributed by atoms with van der Waals surface area (Å²) < 4.78 is 9.02. The molecule has 0 saturated heterocycles. The maximum absolute atomic E-state index is 3.57. The number of aromatic nitrogens is 3. The zero-order valence-corrected chi connectivity index (χ0v) is 56.6. The van der Waals surface area contributed by atoms with Gasteiger partial charge in [0.15, 0.2) is 0 Å². The fourth-order valence-corrected chi connectivity index (χ4v) is 17.5. The van der Waals surface area contributed by atoms with E-state index in [-0.39, 0.29) is 0 Å². The van der Waals surface area contributed by atoms with E-state index in [0.717, 1.165) is 37.3 Å². The van der Waals surface area contributed by atoms with Gasteiger partial charge in [0.05, 0.1) is 50.7 Å². The quantitative estimate of drug-likeness (QED) is 0.171. The summed E-state index contributed by atoms with van der Waals surface area (Å²) in [7, 11) is 0. The van der Waals surface area contributed by atoms with Crippen LogP contribution in [0, 0.1) is 0 Å². The number of rotatable bonds is 7. The lowest BCUT2D eigenvalue weighted by molar-refractivity contribution is 1.11. The molecule has 0 radical (unpaired) electrons. The molecule has 3 aromatic heterocycles. The summed E-state index contributed by atoms with van der Waals surface area (Å²) in [5.74, 6) is 0. The van der Waals surface area contributed by atoms with Crippen molar-refractivity contribution in [3.05, 3.63) is 343 Å². The molecule has 0 unspecified atom stereocenters. The summed E-state index contributed by atoms with van der Waals surface area (Å²) in [5, 5.41) is 7.27. The number of nitrogens with one attached hydrogen (secondary N) is 1. The molecule has 6 heterocycles. The number of anilines is 8. The van der Waals surface area contributed by atoms with Crippen LogP contribution in [0.15, 0.2) is 372 Å². The molecule has 0 spiro atoms. The summed E-state index contributed by atoms with van der Waals surface area (Å²) >= 11 is 12.5. The van der Waals surface area contributed by atoms with E-state index in [0.29, 0.717) is 0 Å². The van der Waals surface area contributed by atoms with Gasteiger partial charge in [-0.3, -0.25) is 0 Å². The van der Waals surface area contributed by atoms with E-state index in [2.05, 4.69) is 364 Å². The average molecular weight is 1410 g/mol. The molecule has 13 aromatic carbocycles. The topological polar surface area (TPSA) is 33.3 Å². The van der Waals surface area contributed by atoms with E-state index in [1.807, 2.05) is 65.6 Å². The van der Waals surface area contributed by atoms with Crippen molar-refractivity contribution in [2.45, 2.75) is 29.4 Å². The number of hydrogen-bond donors (Lipinski definition) is 1. The Kier molecular flexibility index (Phi) is 15.6. The van der Waals surface area contributed by atoms with Crippen molar-refractivity contribution in [3.8, 4) is 39.3 Å². The fourth-order valence-electron chi connectivity index (χ4n) is 13.0. The van der Waals surface area contributed by atoms with Gasteiger partial charge in [-0.2, -0.15) is 0 Å². The SMILES string of the molecule is Brc1cc(Br)cc(-c2ccccc2)c1.c1ccc(-c2cc(N3c4ccccc4Sc4cc5ccn(-c6ccccc6)c5cc43)cc(N3c4ccccc4Sc4cc5ccn(-c6ccccc6)c5cc43)c2)cc1.c1ccc(-n2ccc3cc4c(cc32)Nc2ccccc2S4)cc1. The zero-order valence-electron chi connectivity index (χ0n) is 51.0. The molecule has 11 heteroatoms. The molecule has 454 valence electrons. The first-order valence-corrected chi connectivity index (χ1v) is 35.4.